The number of carbonyl (C=O) groups is 2. The standard InChI is InChI=1S/C30H31Cl2NO4/c1-3-33-22-11-7-13-24(34)28(22)27(29-23(33)12-8-14-25(29)35)19-15-21(32)30(26(16-19)36-4-2)37-17-18-9-5-6-10-20(18)31/h5-6,9-10,15-16,27H,3-4,7-8,11-14,17H2,1-2H3. The topological polar surface area (TPSA) is 55.8 Å². The molecule has 1 heterocycles. The zero-order chi connectivity index (χ0) is 26.1. The van der Waals surface area contributed by atoms with Crippen molar-refractivity contribution in [2.45, 2.75) is 64.9 Å². The summed E-state index contributed by atoms with van der Waals surface area (Å²) in [6.45, 7) is 5.37. The SMILES string of the molecule is CCOc1cc(C2C3=C(CCCC3=O)N(CC)C3=C2C(=O)CCC3)cc(Cl)c1OCc1ccccc1Cl. The molecule has 1 aliphatic heterocycles. The molecule has 37 heavy (non-hydrogen) atoms. The molecule has 2 aliphatic carbocycles. The van der Waals surface area contributed by atoms with E-state index in [1.54, 1.807) is 0 Å². The van der Waals surface area contributed by atoms with E-state index in [0.717, 1.165) is 65.9 Å². The molecule has 0 fully saturated rings. The van der Waals surface area contributed by atoms with Crippen LogP contribution in [0.4, 0.5) is 0 Å². The summed E-state index contributed by atoms with van der Waals surface area (Å²) in [5.41, 5.74) is 5.23. The minimum atomic E-state index is -0.442. The number of Topliss-reactive ketones (excluding diaryl/α,β-unsaturated/α-hetero) is 2. The van der Waals surface area contributed by atoms with Crippen molar-refractivity contribution < 1.29 is 19.1 Å². The van der Waals surface area contributed by atoms with E-state index in [-0.39, 0.29) is 18.2 Å². The predicted molar refractivity (Wildman–Crippen MR) is 145 cm³/mol. The Morgan fingerprint density at radius 1 is 0.865 bits per heavy atom. The van der Waals surface area contributed by atoms with Crippen LogP contribution in [0.5, 0.6) is 11.5 Å². The zero-order valence-corrected chi connectivity index (χ0v) is 22.8. The van der Waals surface area contributed by atoms with E-state index < -0.39 is 5.92 Å². The zero-order valence-electron chi connectivity index (χ0n) is 21.2. The van der Waals surface area contributed by atoms with Crippen molar-refractivity contribution in [3.63, 3.8) is 0 Å². The Labute approximate surface area is 228 Å². The van der Waals surface area contributed by atoms with Crippen LogP contribution in [0.2, 0.25) is 10.0 Å². The van der Waals surface area contributed by atoms with Gasteiger partial charge in [0.25, 0.3) is 0 Å². The third-order valence-electron chi connectivity index (χ3n) is 7.40. The number of ketones is 2. The number of rotatable bonds is 7. The molecule has 0 spiro atoms. The highest BCUT2D eigenvalue weighted by atomic mass is 35.5. The fourth-order valence-electron chi connectivity index (χ4n) is 5.85. The molecule has 0 aromatic heterocycles. The summed E-state index contributed by atoms with van der Waals surface area (Å²) in [4.78, 5) is 29.0. The van der Waals surface area contributed by atoms with E-state index in [2.05, 4.69) is 11.8 Å². The minimum Gasteiger partial charge on any atom is -0.490 e. The molecule has 0 radical (unpaired) electrons. The van der Waals surface area contributed by atoms with E-state index in [1.807, 2.05) is 43.3 Å². The maximum absolute atomic E-state index is 13.4. The average molecular weight is 540 g/mol. The molecule has 2 aromatic carbocycles. The van der Waals surface area contributed by atoms with Gasteiger partial charge in [-0.05, 0) is 63.3 Å². The number of allylic oxidation sites excluding steroid dienone is 4. The Kier molecular flexibility index (Phi) is 7.64. The van der Waals surface area contributed by atoms with E-state index in [1.165, 1.54) is 0 Å². The third kappa shape index (κ3) is 4.80. The van der Waals surface area contributed by atoms with Gasteiger partial charge in [-0.1, -0.05) is 41.4 Å². The lowest BCUT2D eigenvalue weighted by atomic mass is 9.71. The molecule has 0 saturated heterocycles. The Balaban J connectivity index is 1.62. The second-order valence-electron chi connectivity index (χ2n) is 9.59. The van der Waals surface area contributed by atoms with E-state index >= 15 is 0 Å². The number of nitrogens with zero attached hydrogens (tertiary/aromatic N) is 1. The number of carbonyl (C=O) groups excluding carboxylic acids is 2. The molecule has 2 aromatic rings. The van der Waals surface area contributed by atoms with Gasteiger partial charge in [0.05, 0.1) is 11.6 Å². The number of halogens is 2. The minimum absolute atomic E-state index is 0.114. The number of hydrogen-bond acceptors (Lipinski definition) is 5. The van der Waals surface area contributed by atoms with Gasteiger partial charge in [0, 0.05) is 58.4 Å². The van der Waals surface area contributed by atoms with Crippen LogP contribution in [0, 0.1) is 0 Å². The Bertz CT molecular complexity index is 1270. The van der Waals surface area contributed by atoms with Crippen LogP contribution in [0.3, 0.4) is 0 Å². The smallest absolute Gasteiger partial charge is 0.180 e. The van der Waals surface area contributed by atoms with Crippen molar-refractivity contribution in [3.8, 4) is 11.5 Å². The summed E-state index contributed by atoms with van der Waals surface area (Å²) < 4.78 is 12.1. The molecule has 5 nitrogen and oxygen atoms in total. The van der Waals surface area contributed by atoms with E-state index in [9.17, 15) is 9.59 Å². The fraction of sp³-hybridized carbons (Fsp3) is 0.400. The molecular formula is C30H31Cl2NO4. The van der Waals surface area contributed by atoms with Crippen LogP contribution in [0.25, 0.3) is 0 Å². The van der Waals surface area contributed by atoms with Crippen molar-refractivity contribution in [3.05, 3.63) is 80.1 Å². The number of ether oxygens (including phenoxy) is 2. The Morgan fingerprint density at radius 3 is 2.11 bits per heavy atom. The van der Waals surface area contributed by atoms with Crippen LogP contribution < -0.4 is 9.47 Å². The summed E-state index contributed by atoms with van der Waals surface area (Å²) in [6.07, 6.45) is 4.32. The van der Waals surface area contributed by atoms with E-state index in [0.29, 0.717) is 41.0 Å². The summed E-state index contributed by atoms with van der Waals surface area (Å²) in [6, 6.07) is 11.2. The van der Waals surface area contributed by atoms with Crippen molar-refractivity contribution >= 4 is 34.8 Å². The van der Waals surface area contributed by atoms with Gasteiger partial charge in [-0.2, -0.15) is 0 Å². The lowest BCUT2D eigenvalue weighted by Gasteiger charge is -2.43. The Hall–Kier alpha value is -2.76. The first-order valence-electron chi connectivity index (χ1n) is 13.1. The average Bonchev–Trinajstić information content (AvgIpc) is 2.88. The lowest BCUT2D eigenvalue weighted by Crippen LogP contribution is -2.39. The molecule has 194 valence electrons. The first-order chi connectivity index (χ1) is 17.9. The second-order valence-corrected chi connectivity index (χ2v) is 10.4. The van der Waals surface area contributed by atoms with Gasteiger partial charge in [0.2, 0.25) is 0 Å². The van der Waals surface area contributed by atoms with Gasteiger partial charge in [0.1, 0.15) is 6.61 Å². The van der Waals surface area contributed by atoms with Gasteiger partial charge < -0.3 is 14.4 Å². The van der Waals surface area contributed by atoms with Gasteiger partial charge in [-0.3, -0.25) is 9.59 Å². The maximum atomic E-state index is 13.4. The van der Waals surface area contributed by atoms with Crippen LogP contribution in [0.15, 0.2) is 58.9 Å². The molecular weight excluding hydrogens is 509 g/mol. The molecule has 3 aliphatic rings. The van der Waals surface area contributed by atoms with Gasteiger partial charge in [-0.15, -0.1) is 0 Å². The first kappa shape index (κ1) is 25.9. The highest BCUT2D eigenvalue weighted by Crippen LogP contribution is 2.51. The molecule has 5 rings (SSSR count). The lowest BCUT2D eigenvalue weighted by molar-refractivity contribution is -0.117. The monoisotopic (exact) mass is 539 g/mol. The fourth-order valence-corrected chi connectivity index (χ4v) is 6.32. The second kappa shape index (κ2) is 10.9. The molecule has 0 saturated carbocycles. The summed E-state index contributed by atoms with van der Waals surface area (Å²) in [5.74, 6) is 0.700. The number of benzene rings is 2. The van der Waals surface area contributed by atoms with E-state index in [4.69, 9.17) is 32.7 Å². The first-order valence-corrected chi connectivity index (χ1v) is 13.8. The highest BCUT2D eigenvalue weighted by Gasteiger charge is 2.43. The summed E-state index contributed by atoms with van der Waals surface area (Å²) in [5, 5.41) is 0.989. The van der Waals surface area contributed by atoms with Crippen molar-refractivity contribution in [2.75, 3.05) is 13.2 Å². The molecule has 0 unspecified atom stereocenters. The van der Waals surface area contributed by atoms with Crippen molar-refractivity contribution in [1.82, 2.24) is 4.90 Å². The molecule has 0 bridgehead atoms. The van der Waals surface area contributed by atoms with Crippen LogP contribution in [-0.2, 0) is 16.2 Å². The molecule has 0 amide bonds. The number of hydrogen-bond donors (Lipinski definition) is 0. The van der Waals surface area contributed by atoms with Gasteiger partial charge >= 0.3 is 0 Å². The summed E-state index contributed by atoms with van der Waals surface area (Å²) >= 11 is 13.1. The molecule has 7 heteroatoms. The van der Waals surface area contributed by atoms with Gasteiger partial charge in [0.15, 0.2) is 23.1 Å². The Morgan fingerprint density at radius 2 is 1.51 bits per heavy atom. The van der Waals surface area contributed by atoms with Crippen LogP contribution in [0.1, 0.15) is 69.4 Å². The van der Waals surface area contributed by atoms with Crippen molar-refractivity contribution in [1.29, 1.82) is 0 Å². The largest absolute Gasteiger partial charge is 0.490 e. The predicted octanol–water partition coefficient (Wildman–Crippen LogP) is 7.40. The molecule has 0 atom stereocenters. The molecule has 0 N–H and O–H groups in total. The van der Waals surface area contributed by atoms with Gasteiger partial charge in [-0.25, -0.2) is 0 Å². The van der Waals surface area contributed by atoms with Crippen LogP contribution >= 0.6 is 23.2 Å². The third-order valence-corrected chi connectivity index (χ3v) is 8.05. The summed E-state index contributed by atoms with van der Waals surface area (Å²) in [7, 11) is 0. The maximum Gasteiger partial charge on any atom is 0.180 e. The quantitative estimate of drug-likeness (QED) is 0.366. The van der Waals surface area contributed by atoms with Crippen LogP contribution in [-0.4, -0.2) is 29.6 Å². The highest BCUT2D eigenvalue weighted by molar-refractivity contribution is 6.32. The van der Waals surface area contributed by atoms with Crippen molar-refractivity contribution in [2.24, 2.45) is 0 Å². The normalized spacial score (nSPS) is 18.2.